The zero-order valence-electron chi connectivity index (χ0n) is 10.3. The molecule has 0 aliphatic rings. The van der Waals surface area contributed by atoms with E-state index in [9.17, 15) is 4.79 Å². The second-order valence-electron chi connectivity index (χ2n) is 3.99. The van der Waals surface area contributed by atoms with Gasteiger partial charge in [-0.2, -0.15) is 0 Å². The lowest BCUT2D eigenvalue weighted by molar-refractivity contribution is 0.202. The first-order valence-electron chi connectivity index (χ1n) is 5.60. The van der Waals surface area contributed by atoms with Crippen LogP contribution in [-0.4, -0.2) is 41.2 Å². The third-order valence-corrected chi connectivity index (χ3v) is 2.53. The van der Waals surface area contributed by atoms with Crippen molar-refractivity contribution in [1.82, 2.24) is 9.88 Å². The van der Waals surface area contributed by atoms with E-state index in [1.54, 1.807) is 32.2 Å². The number of aryl methyl sites for hydroxylation is 1. The van der Waals surface area contributed by atoms with Crippen molar-refractivity contribution in [2.45, 2.75) is 6.92 Å². The zero-order chi connectivity index (χ0) is 13.1. The summed E-state index contributed by atoms with van der Waals surface area (Å²) in [5.74, 6) is 0.589. The quantitative estimate of drug-likeness (QED) is 0.865. The fraction of sp³-hybridized carbons (Fsp3) is 0.333. The van der Waals surface area contributed by atoms with Gasteiger partial charge in [0.15, 0.2) is 11.5 Å². The predicted molar refractivity (Wildman–Crippen MR) is 67.5 cm³/mol. The molecule has 0 fully saturated rings. The average Bonchev–Trinajstić information content (AvgIpc) is 2.68. The van der Waals surface area contributed by atoms with Gasteiger partial charge in [-0.05, 0) is 18.2 Å². The molecule has 2 N–H and O–H groups in total. The Morgan fingerprint density at radius 1 is 1.56 bits per heavy atom. The number of aromatic nitrogens is 1. The maximum Gasteiger partial charge on any atom is 0.321 e. The van der Waals surface area contributed by atoms with Crippen LogP contribution in [0.2, 0.25) is 0 Å². The van der Waals surface area contributed by atoms with E-state index >= 15 is 0 Å². The number of urea groups is 1. The number of likely N-dealkylation sites (N-methyl/N-ethyl adjacent to an activating group) is 1. The number of aliphatic hydroxyl groups is 1. The number of hydrogen-bond donors (Lipinski definition) is 2. The third kappa shape index (κ3) is 2.60. The Labute approximate surface area is 104 Å². The molecular formula is C12H15N3O3. The number of carbonyl (C=O) groups is 1. The highest BCUT2D eigenvalue weighted by atomic mass is 16.3. The number of amides is 2. The Morgan fingerprint density at radius 3 is 3.06 bits per heavy atom. The second kappa shape index (κ2) is 5.05. The molecule has 0 unspecified atom stereocenters. The molecule has 2 aromatic rings. The fourth-order valence-electron chi connectivity index (χ4n) is 1.59. The van der Waals surface area contributed by atoms with Crippen molar-refractivity contribution in [2.24, 2.45) is 0 Å². The highest BCUT2D eigenvalue weighted by Crippen LogP contribution is 2.19. The van der Waals surface area contributed by atoms with E-state index in [1.165, 1.54) is 4.90 Å². The topological polar surface area (TPSA) is 78.6 Å². The Hall–Kier alpha value is -2.08. The first-order valence-corrected chi connectivity index (χ1v) is 5.60. The van der Waals surface area contributed by atoms with Crippen LogP contribution in [0.1, 0.15) is 5.89 Å². The summed E-state index contributed by atoms with van der Waals surface area (Å²) in [5.41, 5.74) is 2.04. The number of nitrogens with zero attached hydrogens (tertiary/aromatic N) is 2. The van der Waals surface area contributed by atoms with Crippen molar-refractivity contribution in [3.63, 3.8) is 0 Å². The molecule has 6 heteroatoms. The lowest BCUT2D eigenvalue weighted by atomic mass is 10.3. The number of anilines is 1. The van der Waals surface area contributed by atoms with Crippen molar-refractivity contribution < 1.29 is 14.3 Å². The molecule has 6 nitrogen and oxygen atoms in total. The van der Waals surface area contributed by atoms with E-state index in [2.05, 4.69) is 10.3 Å². The molecule has 0 bridgehead atoms. The Balaban J connectivity index is 2.14. The zero-order valence-corrected chi connectivity index (χ0v) is 10.3. The molecule has 0 spiro atoms. The van der Waals surface area contributed by atoms with Crippen molar-refractivity contribution >= 4 is 22.8 Å². The summed E-state index contributed by atoms with van der Waals surface area (Å²) < 4.78 is 5.35. The Morgan fingerprint density at radius 2 is 2.33 bits per heavy atom. The number of aliphatic hydroxyl groups excluding tert-OH is 1. The Kier molecular flexibility index (Phi) is 3.47. The first kappa shape index (κ1) is 12.4. The molecule has 0 saturated carbocycles. The lowest BCUT2D eigenvalue weighted by Gasteiger charge is -2.16. The molecule has 2 rings (SSSR count). The average molecular weight is 249 g/mol. The highest BCUT2D eigenvalue weighted by Gasteiger charge is 2.09. The molecule has 0 saturated heterocycles. The number of hydrogen-bond acceptors (Lipinski definition) is 4. The molecule has 1 aromatic heterocycles. The number of rotatable bonds is 3. The van der Waals surface area contributed by atoms with Gasteiger partial charge in [0.25, 0.3) is 0 Å². The molecule has 0 radical (unpaired) electrons. The summed E-state index contributed by atoms with van der Waals surface area (Å²) in [7, 11) is 1.62. The SMILES string of the molecule is Cc1nc2cc(NC(=O)N(C)CCO)ccc2o1. The molecule has 96 valence electrons. The maximum absolute atomic E-state index is 11.7. The van der Waals surface area contributed by atoms with Crippen molar-refractivity contribution in [2.75, 3.05) is 25.5 Å². The van der Waals surface area contributed by atoms with Crippen LogP contribution in [-0.2, 0) is 0 Å². The van der Waals surface area contributed by atoms with Gasteiger partial charge in [-0.25, -0.2) is 9.78 Å². The molecule has 0 atom stereocenters. The van der Waals surface area contributed by atoms with Crippen molar-refractivity contribution in [3.05, 3.63) is 24.1 Å². The largest absolute Gasteiger partial charge is 0.441 e. The minimum atomic E-state index is -0.274. The number of oxazole rings is 1. The van der Waals surface area contributed by atoms with Gasteiger partial charge in [0, 0.05) is 26.2 Å². The molecule has 0 aliphatic heterocycles. The van der Waals surface area contributed by atoms with Crippen LogP contribution in [0.15, 0.2) is 22.6 Å². The van der Waals surface area contributed by atoms with E-state index in [0.29, 0.717) is 22.7 Å². The van der Waals surface area contributed by atoms with E-state index < -0.39 is 0 Å². The van der Waals surface area contributed by atoms with E-state index in [0.717, 1.165) is 0 Å². The third-order valence-electron chi connectivity index (χ3n) is 2.53. The van der Waals surface area contributed by atoms with E-state index in [-0.39, 0.29) is 19.2 Å². The van der Waals surface area contributed by atoms with Crippen LogP contribution in [0.4, 0.5) is 10.5 Å². The molecular weight excluding hydrogens is 234 g/mol. The first-order chi connectivity index (χ1) is 8.60. The van der Waals surface area contributed by atoms with Gasteiger partial charge < -0.3 is 19.7 Å². The smallest absolute Gasteiger partial charge is 0.321 e. The number of nitrogens with one attached hydrogen (secondary N) is 1. The molecule has 2 amide bonds. The molecule has 18 heavy (non-hydrogen) atoms. The Bertz CT molecular complexity index is 565. The summed E-state index contributed by atoms with van der Waals surface area (Å²) in [6.45, 7) is 2.00. The minimum Gasteiger partial charge on any atom is -0.441 e. The van der Waals surface area contributed by atoms with Gasteiger partial charge in [0.05, 0.1) is 6.61 Å². The number of carbonyl (C=O) groups excluding carboxylic acids is 1. The lowest BCUT2D eigenvalue weighted by Crippen LogP contribution is -2.33. The fourth-order valence-corrected chi connectivity index (χ4v) is 1.59. The van der Waals surface area contributed by atoms with Crippen LogP contribution >= 0.6 is 0 Å². The van der Waals surface area contributed by atoms with Gasteiger partial charge in [-0.3, -0.25) is 0 Å². The number of fused-ring (bicyclic) bond motifs is 1. The van der Waals surface area contributed by atoms with Crippen LogP contribution in [0.5, 0.6) is 0 Å². The molecule has 0 aliphatic carbocycles. The minimum absolute atomic E-state index is 0.0641. The van der Waals surface area contributed by atoms with E-state index in [1.807, 2.05) is 0 Å². The summed E-state index contributed by atoms with van der Waals surface area (Å²) in [6, 6.07) is 4.98. The molecule has 1 heterocycles. The van der Waals surface area contributed by atoms with E-state index in [4.69, 9.17) is 9.52 Å². The monoisotopic (exact) mass is 249 g/mol. The van der Waals surface area contributed by atoms with Crippen LogP contribution in [0.25, 0.3) is 11.1 Å². The normalized spacial score (nSPS) is 10.6. The number of benzene rings is 1. The summed E-state index contributed by atoms with van der Waals surface area (Å²) in [6.07, 6.45) is 0. The predicted octanol–water partition coefficient (Wildman–Crippen LogP) is 1.59. The van der Waals surface area contributed by atoms with Gasteiger partial charge in [0.2, 0.25) is 0 Å². The van der Waals surface area contributed by atoms with Crippen molar-refractivity contribution in [3.8, 4) is 0 Å². The molecule has 1 aromatic carbocycles. The summed E-state index contributed by atoms with van der Waals surface area (Å²) >= 11 is 0. The van der Waals surface area contributed by atoms with Gasteiger partial charge in [-0.1, -0.05) is 0 Å². The van der Waals surface area contributed by atoms with Gasteiger partial charge >= 0.3 is 6.03 Å². The summed E-state index contributed by atoms with van der Waals surface area (Å²) in [5, 5.41) is 11.5. The van der Waals surface area contributed by atoms with Crippen LogP contribution in [0, 0.1) is 6.92 Å². The second-order valence-corrected chi connectivity index (χ2v) is 3.99. The van der Waals surface area contributed by atoms with Crippen LogP contribution in [0.3, 0.4) is 0 Å². The highest BCUT2D eigenvalue weighted by molar-refractivity contribution is 5.91. The van der Waals surface area contributed by atoms with Gasteiger partial charge in [0.1, 0.15) is 5.52 Å². The van der Waals surface area contributed by atoms with Gasteiger partial charge in [-0.15, -0.1) is 0 Å². The van der Waals surface area contributed by atoms with Crippen LogP contribution < -0.4 is 5.32 Å². The maximum atomic E-state index is 11.7. The summed E-state index contributed by atoms with van der Waals surface area (Å²) in [4.78, 5) is 17.3. The standard InChI is InChI=1S/C12H15N3O3/c1-8-13-10-7-9(3-4-11(10)18-8)14-12(17)15(2)5-6-16/h3-4,7,16H,5-6H2,1-2H3,(H,14,17). The van der Waals surface area contributed by atoms with Crippen molar-refractivity contribution in [1.29, 1.82) is 0 Å².